The quantitative estimate of drug-likeness (QED) is 0.357. The van der Waals surface area contributed by atoms with Crippen LogP contribution in [0.4, 0.5) is 0 Å². The minimum Gasteiger partial charge on any atom is -0.497 e. The maximum atomic E-state index is 5.53. The Balaban J connectivity index is 0.00000312. The molecule has 1 aliphatic heterocycles. The highest BCUT2D eigenvalue weighted by molar-refractivity contribution is 14.0. The predicted octanol–water partition coefficient (Wildman–Crippen LogP) is 3.28. The van der Waals surface area contributed by atoms with Crippen molar-refractivity contribution in [2.45, 2.75) is 31.1 Å². The van der Waals surface area contributed by atoms with Crippen molar-refractivity contribution in [1.82, 2.24) is 10.6 Å². The molecule has 25 heavy (non-hydrogen) atoms. The highest BCUT2D eigenvalue weighted by atomic mass is 127. The number of halogens is 1. The lowest BCUT2D eigenvalue weighted by Crippen LogP contribution is -2.48. The van der Waals surface area contributed by atoms with Gasteiger partial charge in [0.05, 0.1) is 7.11 Å². The second kappa shape index (κ2) is 11.9. The van der Waals surface area contributed by atoms with Gasteiger partial charge in [0.15, 0.2) is 5.96 Å². The zero-order chi connectivity index (χ0) is 17.3. The van der Waals surface area contributed by atoms with Gasteiger partial charge in [0.25, 0.3) is 0 Å². The van der Waals surface area contributed by atoms with E-state index in [1.165, 1.54) is 5.56 Å². The first-order valence-electron chi connectivity index (χ1n) is 8.50. The van der Waals surface area contributed by atoms with Crippen LogP contribution in [0.5, 0.6) is 5.75 Å². The van der Waals surface area contributed by atoms with E-state index in [4.69, 9.17) is 9.47 Å². The van der Waals surface area contributed by atoms with Crippen LogP contribution in [0, 0.1) is 0 Å². The average molecular weight is 479 g/mol. The number of guanidine groups is 1. The largest absolute Gasteiger partial charge is 0.497 e. The molecule has 0 amide bonds. The minimum absolute atomic E-state index is 0. The van der Waals surface area contributed by atoms with Gasteiger partial charge in [-0.1, -0.05) is 19.1 Å². The summed E-state index contributed by atoms with van der Waals surface area (Å²) in [4.78, 5) is 4.34. The fraction of sp³-hybridized carbons (Fsp3) is 0.611. The zero-order valence-corrected chi connectivity index (χ0v) is 18.5. The fourth-order valence-corrected chi connectivity index (χ4v) is 4.10. The van der Waals surface area contributed by atoms with Crippen LogP contribution in [0.1, 0.15) is 25.3 Å². The van der Waals surface area contributed by atoms with Crippen LogP contribution in [0.2, 0.25) is 0 Å². The van der Waals surface area contributed by atoms with Crippen molar-refractivity contribution >= 4 is 41.7 Å². The van der Waals surface area contributed by atoms with Crippen LogP contribution < -0.4 is 15.4 Å². The number of methoxy groups -OCH3 is 1. The summed E-state index contributed by atoms with van der Waals surface area (Å²) >= 11 is 2.03. The van der Waals surface area contributed by atoms with Gasteiger partial charge in [0.2, 0.25) is 0 Å². The second-order valence-corrected chi connectivity index (χ2v) is 7.59. The van der Waals surface area contributed by atoms with Gasteiger partial charge in [-0.25, -0.2) is 0 Å². The average Bonchev–Trinajstić information content (AvgIpc) is 2.63. The molecule has 2 N–H and O–H groups in total. The van der Waals surface area contributed by atoms with E-state index >= 15 is 0 Å². The molecule has 142 valence electrons. The molecule has 1 aliphatic rings. The number of hydrogen-bond donors (Lipinski definition) is 2. The Morgan fingerprint density at radius 1 is 1.32 bits per heavy atom. The molecule has 0 spiro atoms. The first-order chi connectivity index (χ1) is 11.7. The lowest BCUT2D eigenvalue weighted by atomic mass is 9.99. The monoisotopic (exact) mass is 479 g/mol. The number of aliphatic imine (C=N–C) groups is 1. The second-order valence-electron chi connectivity index (χ2n) is 5.86. The molecule has 2 rings (SSSR count). The van der Waals surface area contributed by atoms with Gasteiger partial charge in [-0.05, 0) is 36.3 Å². The maximum absolute atomic E-state index is 5.53. The van der Waals surface area contributed by atoms with E-state index in [2.05, 4.69) is 28.6 Å². The van der Waals surface area contributed by atoms with Crippen molar-refractivity contribution in [3.05, 3.63) is 29.8 Å². The van der Waals surface area contributed by atoms with Gasteiger partial charge in [0, 0.05) is 38.1 Å². The minimum atomic E-state index is 0. The Bertz CT molecular complexity index is 531. The summed E-state index contributed by atoms with van der Waals surface area (Å²) in [5.74, 6) is 2.83. The van der Waals surface area contributed by atoms with Gasteiger partial charge in [-0.15, -0.1) is 24.0 Å². The predicted molar refractivity (Wildman–Crippen MR) is 118 cm³/mol. The molecule has 7 heteroatoms. The SMILES string of the molecule is CCSC1(CNC(=NC)NCc2cccc(OC)c2)CCOCC1.I. The molecule has 0 aliphatic carbocycles. The molecule has 0 aromatic heterocycles. The maximum Gasteiger partial charge on any atom is 0.191 e. The van der Waals surface area contributed by atoms with Gasteiger partial charge >= 0.3 is 0 Å². The van der Waals surface area contributed by atoms with Crippen molar-refractivity contribution in [3.8, 4) is 5.75 Å². The fourth-order valence-electron chi connectivity index (χ4n) is 2.86. The molecule has 1 fully saturated rings. The summed E-state index contributed by atoms with van der Waals surface area (Å²) in [6.07, 6.45) is 2.18. The number of thioether (sulfide) groups is 1. The first-order valence-corrected chi connectivity index (χ1v) is 9.49. The van der Waals surface area contributed by atoms with Crippen molar-refractivity contribution in [1.29, 1.82) is 0 Å². The van der Waals surface area contributed by atoms with Gasteiger partial charge in [-0.2, -0.15) is 11.8 Å². The van der Waals surface area contributed by atoms with Crippen LogP contribution in [-0.4, -0.2) is 50.4 Å². The summed E-state index contributed by atoms with van der Waals surface area (Å²) < 4.78 is 11.0. The van der Waals surface area contributed by atoms with Crippen molar-refractivity contribution in [3.63, 3.8) is 0 Å². The van der Waals surface area contributed by atoms with E-state index in [1.54, 1.807) is 7.11 Å². The lowest BCUT2D eigenvalue weighted by molar-refractivity contribution is 0.0782. The Morgan fingerprint density at radius 3 is 2.72 bits per heavy atom. The number of rotatable bonds is 7. The number of benzene rings is 1. The van der Waals surface area contributed by atoms with Crippen LogP contribution in [0.3, 0.4) is 0 Å². The molecule has 1 aromatic carbocycles. The molecular weight excluding hydrogens is 449 g/mol. The Hall–Kier alpha value is -0.670. The molecule has 0 radical (unpaired) electrons. The summed E-state index contributed by atoms with van der Waals surface area (Å²) in [7, 11) is 3.50. The Kier molecular flexibility index (Phi) is 10.6. The van der Waals surface area contributed by atoms with Gasteiger partial charge < -0.3 is 20.1 Å². The normalized spacial score (nSPS) is 16.7. The number of nitrogens with one attached hydrogen (secondary N) is 2. The molecule has 0 saturated carbocycles. The van der Waals surface area contributed by atoms with Crippen molar-refractivity contribution in [2.24, 2.45) is 4.99 Å². The summed E-state index contributed by atoms with van der Waals surface area (Å²) in [6.45, 7) is 5.55. The van der Waals surface area contributed by atoms with Crippen molar-refractivity contribution in [2.75, 3.05) is 39.7 Å². The molecule has 5 nitrogen and oxygen atoms in total. The van der Waals surface area contributed by atoms with E-state index < -0.39 is 0 Å². The van der Waals surface area contributed by atoms with E-state index in [-0.39, 0.29) is 28.7 Å². The van der Waals surface area contributed by atoms with E-state index in [9.17, 15) is 0 Å². The van der Waals surface area contributed by atoms with Gasteiger partial charge in [-0.3, -0.25) is 4.99 Å². The molecular formula is C18H30IN3O2S. The third-order valence-electron chi connectivity index (χ3n) is 4.25. The summed E-state index contributed by atoms with van der Waals surface area (Å²) in [6, 6.07) is 8.07. The third-order valence-corrected chi connectivity index (χ3v) is 5.70. The zero-order valence-electron chi connectivity index (χ0n) is 15.3. The molecule has 0 unspecified atom stereocenters. The summed E-state index contributed by atoms with van der Waals surface area (Å²) in [5, 5.41) is 6.87. The smallest absolute Gasteiger partial charge is 0.191 e. The molecule has 1 saturated heterocycles. The Labute approximate surface area is 172 Å². The van der Waals surface area contributed by atoms with Crippen LogP contribution in [-0.2, 0) is 11.3 Å². The summed E-state index contributed by atoms with van der Waals surface area (Å²) in [5.41, 5.74) is 1.17. The van der Waals surface area contributed by atoms with E-state index in [0.29, 0.717) is 6.54 Å². The Morgan fingerprint density at radius 2 is 2.08 bits per heavy atom. The lowest BCUT2D eigenvalue weighted by Gasteiger charge is -2.37. The van der Waals surface area contributed by atoms with Crippen LogP contribution in [0.25, 0.3) is 0 Å². The van der Waals surface area contributed by atoms with Crippen LogP contribution in [0.15, 0.2) is 29.3 Å². The van der Waals surface area contributed by atoms with Gasteiger partial charge in [0.1, 0.15) is 5.75 Å². The molecule has 0 bridgehead atoms. The highest BCUT2D eigenvalue weighted by Crippen LogP contribution is 2.34. The highest BCUT2D eigenvalue weighted by Gasteiger charge is 2.32. The number of hydrogen-bond acceptors (Lipinski definition) is 4. The topological polar surface area (TPSA) is 54.9 Å². The molecule has 0 atom stereocenters. The molecule has 1 aromatic rings. The number of nitrogens with zero attached hydrogens (tertiary/aromatic N) is 1. The van der Waals surface area contributed by atoms with E-state index in [1.807, 2.05) is 37.0 Å². The first kappa shape index (κ1) is 22.4. The standard InChI is InChI=1S/C18H29N3O2S.HI/c1-4-24-18(8-10-23-11-9-18)14-21-17(19-2)20-13-15-6-5-7-16(12-15)22-3;/h5-7,12H,4,8-11,13-14H2,1-3H3,(H2,19,20,21);1H. The number of ether oxygens (including phenoxy) is 2. The van der Waals surface area contributed by atoms with E-state index in [0.717, 1.165) is 50.1 Å². The molecule has 1 heterocycles. The van der Waals surface area contributed by atoms with Crippen molar-refractivity contribution < 1.29 is 9.47 Å². The van der Waals surface area contributed by atoms with Crippen LogP contribution >= 0.6 is 35.7 Å². The third kappa shape index (κ3) is 7.22.